The summed E-state index contributed by atoms with van der Waals surface area (Å²) in [6.45, 7) is -0.107. The first kappa shape index (κ1) is 20.4. The number of hydrogen-bond donors (Lipinski definition) is 3. The summed E-state index contributed by atoms with van der Waals surface area (Å²) in [5, 5.41) is 2.97. The molecular formula is C15H16BrClN4O4S. The number of ether oxygens (including phenoxy) is 1. The van der Waals surface area contributed by atoms with Gasteiger partial charge in [-0.05, 0) is 40.2 Å². The molecule has 1 aromatic carbocycles. The number of benzene rings is 1. The molecule has 2 rings (SSSR count). The van der Waals surface area contributed by atoms with Crippen molar-refractivity contribution in [2.45, 2.75) is 11.3 Å². The normalized spacial score (nSPS) is 11.2. The van der Waals surface area contributed by atoms with Crippen LogP contribution in [-0.4, -0.2) is 33.0 Å². The zero-order valence-corrected chi connectivity index (χ0v) is 16.8. The van der Waals surface area contributed by atoms with E-state index in [4.69, 9.17) is 22.1 Å². The van der Waals surface area contributed by atoms with Gasteiger partial charge in [0.15, 0.2) is 0 Å². The Kier molecular flexibility index (Phi) is 6.81. The van der Waals surface area contributed by atoms with Gasteiger partial charge in [-0.2, -0.15) is 0 Å². The molecule has 0 bridgehead atoms. The zero-order valence-electron chi connectivity index (χ0n) is 13.6. The fraction of sp³-hybridized carbons (Fsp3) is 0.200. The fourth-order valence-corrected chi connectivity index (χ4v) is 3.87. The number of aromatic nitrogens is 1. The number of nitrogens with zero attached hydrogens (tertiary/aromatic N) is 1. The van der Waals surface area contributed by atoms with E-state index in [2.05, 4.69) is 31.0 Å². The van der Waals surface area contributed by atoms with Gasteiger partial charge in [0.25, 0.3) is 0 Å². The van der Waals surface area contributed by atoms with Gasteiger partial charge < -0.3 is 15.8 Å². The quantitative estimate of drug-likeness (QED) is 0.579. The first-order valence-electron chi connectivity index (χ1n) is 7.27. The molecule has 8 nitrogen and oxygen atoms in total. The number of pyridine rings is 1. The molecule has 1 heterocycles. The van der Waals surface area contributed by atoms with Gasteiger partial charge in [0.05, 0.1) is 12.1 Å². The number of rotatable bonds is 7. The van der Waals surface area contributed by atoms with E-state index in [1.165, 1.54) is 25.4 Å². The van der Waals surface area contributed by atoms with Gasteiger partial charge in [0, 0.05) is 29.3 Å². The number of nitrogens with two attached hydrogens (primary N) is 1. The van der Waals surface area contributed by atoms with E-state index in [-0.39, 0.29) is 29.6 Å². The molecule has 0 unspecified atom stereocenters. The summed E-state index contributed by atoms with van der Waals surface area (Å²) in [7, 11) is -2.40. The summed E-state index contributed by atoms with van der Waals surface area (Å²) >= 11 is 9.12. The Labute approximate surface area is 164 Å². The molecule has 0 aliphatic rings. The average molecular weight is 464 g/mol. The lowest BCUT2D eigenvalue weighted by molar-refractivity contribution is -0.116. The second kappa shape index (κ2) is 8.67. The van der Waals surface area contributed by atoms with Gasteiger partial charge in [-0.1, -0.05) is 11.6 Å². The van der Waals surface area contributed by atoms with Crippen LogP contribution in [0.25, 0.3) is 0 Å². The maximum absolute atomic E-state index is 12.2. The molecule has 0 radical (unpaired) electrons. The second-order valence-corrected chi connectivity index (χ2v) is 8.14. The summed E-state index contributed by atoms with van der Waals surface area (Å²) in [6, 6.07) is 6.12. The van der Waals surface area contributed by atoms with Crippen molar-refractivity contribution < 1.29 is 17.9 Å². The second-order valence-electron chi connectivity index (χ2n) is 5.08. The van der Waals surface area contributed by atoms with Crippen LogP contribution < -0.4 is 20.5 Å². The first-order valence-corrected chi connectivity index (χ1v) is 9.92. The number of hydrogen-bond acceptors (Lipinski definition) is 6. The molecule has 1 aromatic heterocycles. The molecule has 0 saturated carbocycles. The van der Waals surface area contributed by atoms with Gasteiger partial charge in [-0.25, -0.2) is 18.1 Å². The van der Waals surface area contributed by atoms with Crippen molar-refractivity contribution in [3.63, 3.8) is 0 Å². The molecule has 0 aliphatic carbocycles. The van der Waals surface area contributed by atoms with E-state index in [0.29, 0.717) is 20.9 Å². The highest BCUT2D eigenvalue weighted by Crippen LogP contribution is 2.27. The highest BCUT2D eigenvalue weighted by molar-refractivity contribution is 9.10. The minimum Gasteiger partial charge on any atom is -0.495 e. The Balaban J connectivity index is 1.93. The van der Waals surface area contributed by atoms with Crippen molar-refractivity contribution >= 4 is 55.0 Å². The van der Waals surface area contributed by atoms with E-state index < -0.39 is 10.0 Å². The Morgan fingerprint density at radius 2 is 2.12 bits per heavy atom. The number of nitrogens with one attached hydrogen (secondary N) is 2. The van der Waals surface area contributed by atoms with E-state index in [1.807, 2.05) is 0 Å². The molecule has 0 spiro atoms. The summed E-state index contributed by atoms with van der Waals surface area (Å²) in [5.74, 6) is -0.0232. The average Bonchev–Trinajstić information content (AvgIpc) is 2.57. The molecular weight excluding hydrogens is 448 g/mol. The maximum Gasteiger partial charge on any atom is 0.244 e. The third-order valence-corrected chi connectivity index (χ3v) is 5.44. The Bertz CT molecular complexity index is 924. The van der Waals surface area contributed by atoms with E-state index in [9.17, 15) is 13.2 Å². The lowest BCUT2D eigenvalue weighted by Gasteiger charge is -2.10. The first-order chi connectivity index (χ1) is 12.2. The van der Waals surface area contributed by atoms with E-state index >= 15 is 0 Å². The van der Waals surface area contributed by atoms with E-state index in [1.54, 1.807) is 12.1 Å². The third-order valence-electron chi connectivity index (χ3n) is 3.22. The topological polar surface area (TPSA) is 123 Å². The van der Waals surface area contributed by atoms with Crippen molar-refractivity contribution in [1.29, 1.82) is 0 Å². The van der Waals surface area contributed by atoms with Gasteiger partial charge >= 0.3 is 0 Å². The fourth-order valence-electron chi connectivity index (χ4n) is 1.99. The number of carbonyl (C=O) groups excluding carboxylic acids is 1. The van der Waals surface area contributed by atoms with Crippen LogP contribution in [0.3, 0.4) is 0 Å². The SMILES string of the molecule is COc1ccc(NC(=O)CCNS(=O)(=O)c2cc(Br)cnc2N)cc1Cl. The highest BCUT2D eigenvalue weighted by Gasteiger charge is 2.19. The standard InChI is InChI=1S/C15H16BrClN4O4S/c1-25-12-3-2-10(7-11(12)17)21-14(22)4-5-20-26(23,24)13-6-9(16)8-19-15(13)18/h2-3,6-8,20H,4-5H2,1H3,(H2,18,19)(H,21,22). The number of nitrogen functional groups attached to an aromatic ring is 1. The monoisotopic (exact) mass is 462 g/mol. The summed E-state index contributed by atoms with van der Waals surface area (Å²) < 4.78 is 32.3. The van der Waals surface area contributed by atoms with Crippen LogP contribution >= 0.6 is 27.5 Å². The van der Waals surface area contributed by atoms with Crippen LogP contribution in [-0.2, 0) is 14.8 Å². The third kappa shape index (κ3) is 5.31. The van der Waals surface area contributed by atoms with Gasteiger partial charge in [0.2, 0.25) is 15.9 Å². The Hall–Kier alpha value is -1.88. The van der Waals surface area contributed by atoms with Crippen LogP contribution in [0.1, 0.15) is 6.42 Å². The van der Waals surface area contributed by atoms with Crippen molar-refractivity contribution in [2.24, 2.45) is 0 Å². The van der Waals surface area contributed by atoms with Crippen LogP contribution in [0.2, 0.25) is 5.02 Å². The van der Waals surface area contributed by atoms with Crippen LogP contribution in [0, 0.1) is 0 Å². The Morgan fingerprint density at radius 1 is 1.38 bits per heavy atom. The summed E-state index contributed by atoms with van der Waals surface area (Å²) in [5.41, 5.74) is 6.07. The lowest BCUT2D eigenvalue weighted by atomic mass is 10.3. The molecule has 140 valence electrons. The molecule has 0 aliphatic heterocycles. The summed E-state index contributed by atoms with van der Waals surface area (Å²) in [6.07, 6.45) is 1.31. The molecule has 26 heavy (non-hydrogen) atoms. The predicted octanol–water partition coefficient (Wildman–Crippen LogP) is 2.40. The Morgan fingerprint density at radius 3 is 2.77 bits per heavy atom. The number of amides is 1. The van der Waals surface area contributed by atoms with Gasteiger partial charge in [0.1, 0.15) is 16.5 Å². The highest BCUT2D eigenvalue weighted by atomic mass is 79.9. The summed E-state index contributed by atoms with van der Waals surface area (Å²) in [4.78, 5) is 15.6. The van der Waals surface area contributed by atoms with Gasteiger partial charge in [-0.3, -0.25) is 4.79 Å². The zero-order chi connectivity index (χ0) is 19.3. The molecule has 0 saturated heterocycles. The molecule has 4 N–H and O–H groups in total. The van der Waals surface area contributed by atoms with Crippen LogP contribution in [0.5, 0.6) is 5.75 Å². The number of halogens is 2. The van der Waals surface area contributed by atoms with Crippen molar-refractivity contribution in [3.8, 4) is 5.75 Å². The van der Waals surface area contributed by atoms with Crippen LogP contribution in [0.15, 0.2) is 39.8 Å². The molecule has 0 fully saturated rings. The number of anilines is 2. The minimum absolute atomic E-state index is 0.0792. The van der Waals surface area contributed by atoms with Crippen molar-refractivity contribution in [1.82, 2.24) is 9.71 Å². The largest absolute Gasteiger partial charge is 0.495 e. The maximum atomic E-state index is 12.2. The molecule has 1 amide bonds. The number of methoxy groups -OCH3 is 1. The lowest BCUT2D eigenvalue weighted by Crippen LogP contribution is -2.28. The van der Waals surface area contributed by atoms with Crippen LogP contribution in [0.4, 0.5) is 11.5 Å². The van der Waals surface area contributed by atoms with Crippen molar-refractivity contribution in [3.05, 3.63) is 40.0 Å². The molecule has 11 heteroatoms. The predicted molar refractivity (Wildman–Crippen MR) is 103 cm³/mol. The number of carbonyl (C=O) groups is 1. The smallest absolute Gasteiger partial charge is 0.244 e. The number of sulfonamides is 1. The molecule has 2 aromatic rings. The molecule has 0 atom stereocenters. The van der Waals surface area contributed by atoms with Crippen molar-refractivity contribution in [2.75, 3.05) is 24.7 Å². The van der Waals surface area contributed by atoms with Gasteiger partial charge in [-0.15, -0.1) is 0 Å². The minimum atomic E-state index is -3.88. The van der Waals surface area contributed by atoms with E-state index in [0.717, 1.165) is 0 Å².